The van der Waals surface area contributed by atoms with E-state index >= 15 is 0 Å². The highest BCUT2D eigenvalue weighted by atomic mass is 33.1. The van der Waals surface area contributed by atoms with Crippen molar-refractivity contribution in [2.24, 2.45) is 0 Å². The maximum absolute atomic E-state index is 11.6. The summed E-state index contributed by atoms with van der Waals surface area (Å²) in [6.45, 7) is 0.583. The summed E-state index contributed by atoms with van der Waals surface area (Å²) in [6, 6.07) is 0. The van der Waals surface area contributed by atoms with Gasteiger partial charge in [-0.15, -0.1) is 48.2 Å². The fourth-order valence-electron chi connectivity index (χ4n) is 1.82. The number of unbranched alkanes of at least 4 members (excludes halogenated alkanes) is 2. The second kappa shape index (κ2) is 20.1. The number of hydrogen-bond acceptors (Lipinski definition) is 8. The van der Waals surface area contributed by atoms with Crippen LogP contribution < -0.4 is 5.32 Å². The van der Waals surface area contributed by atoms with E-state index in [0.717, 1.165) is 37.8 Å². The maximum atomic E-state index is 11.6. The van der Waals surface area contributed by atoms with Gasteiger partial charge in [0.05, 0.1) is 0 Å². The van der Waals surface area contributed by atoms with Crippen LogP contribution in [-0.2, 0) is 9.59 Å². The molecule has 28 heavy (non-hydrogen) atoms. The van der Waals surface area contributed by atoms with Crippen molar-refractivity contribution in [3.05, 3.63) is 0 Å². The van der Waals surface area contributed by atoms with Crippen LogP contribution >= 0.6 is 69.5 Å². The Morgan fingerprint density at radius 3 is 1.96 bits per heavy atom. The third-order valence-electron chi connectivity index (χ3n) is 3.14. The molecule has 0 atom stereocenters. The van der Waals surface area contributed by atoms with Gasteiger partial charge in [-0.25, -0.2) is 0 Å². The normalized spacial score (nSPS) is 9.93. The van der Waals surface area contributed by atoms with Crippen LogP contribution in [0.4, 0.5) is 0 Å². The van der Waals surface area contributed by atoms with Gasteiger partial charge in [-0.3, -0.25) is 9.59 Å². The molecule has 0 aliphatic heterocycles. The molecule has 0 aliphatic carbocycles. The van der Waals surface area contributed by atoms with Crippen molar-refractivity contribution in [1.29, 1.82) is 0 Å². The molecule has 9 heteroatoms. The lowest BCUT2D eigenvalue weighted by molar-refractivity contribution is -0.121. The van der Waals surface area contributed by atoms with Gasteiger partial charge in [0.25, 0.3) is 0 Å². The van der Waals surface area contributed by atoms with Gasteiger partial charge in [-0.05, 0) is 46.6 Å². The number of thioether (sulfide) groups is 2. The van der Waals surface area contributed by atoms with Gasteiger partial charge in [0, 0.05) is 44.4 Å². The maximum Gasteiger partial charge on any atom is 0.220 e. The predicted octanol–water partition coefficient (Wildman–Crippen LogP) is 5.48. The minimum atomic E-state index is 0.0240. The summed E-state index contributed by atoms with van der Waals surface area (Å²) in [5.41, 5.74) is 0. The molecule has 0 heterocycles. The van der Waals surface area contributed by atoms with Crippen LogP contribution in [0.25, 0.3) is 0 Å². The SMILES string of the molecule is C#CCCCC(=O)CCCSC(=S)SSC(=S)SCCNC(=O)CCCC#C. The first-order valence-electron chi connectivity index (χ1n) is 8.83. The topological polar surface area (TPSA) is 46.2 Å². The molecule has 3 nitrogen and oxygen atoms in total. The number of carbonyl (C=O) groups excluding carboxylic acids is 2. The zero-order valence-corrected chi connectivity index (χ0v) is 20.6. The number of ketones is 1. The number of terminal acetylenes is 2. The Kier molecular flexibility index (Phi) is 20.0. The molecular weight excluding hydrogens is 467 g/mol. The van der Waals surface area contributed by atoms with Crippen molar-refractivity contribution in [3.63, 3.8) is 0 Å². The molecular formula is C19H25NO2S6. The first kappa shape index (κ1) is 27.8. The highest BCUT2D eigenvalue weighted by Crippen LogP contribution is 2.34. The molecule has 0 saturated carbocycles. The lowest BCUT2D eigenvalue weighted by Crippen LogP contribution is -2.25. The van der Waals surface area contributed by atoms with Gasteiger partial charge in [0.15, 0.2) is 0 Å². The van der Waals surface area contributed by atoms with E-state index in [4.69, 9.17) is 37.3 Å². The number of thiocarbonyl (C=S) groups is 2. The Hall–Kier alpha value is -0.160. The van der Waals surface area contributed by atoms with Crippen molar-refractivity contribution in [3.8, 4) is 24.7 Å². The Labute approximate surface area is 196 Å². The summed E-state index contributed by atoms with van der Waals surface area (Å²) in [4.78, 5) is 23.2. The molecule has 0 rings (SSSR count). The zero-order chi connectivity index (χ0) is 21.0. The van der Waals surface area contributed by atoms with Crippen molar-refractivity contribution in [2.75, 3.05) is 18.1 Å². The van der Waals surface area contributed by atoms with Crippen LogP contribution in [0, 0.1) is 24.7 Å². The first-order valence-corrected chi connectivity index (χ1v) is 13.8. The van der Waals surface area contributed by atoms with E-state index in [2.05, 4.69) is 17.2 Å². The van der Waals surface area contributed by atoms with Crippen LogP contribution in [0.1, 0.15) is 51.4 Å². The molecule has 1 amide bonds. The molecule has 0 saturated heterocycles. The van der Waals surface area contributed by atoms with E-state index in [-0.39, 0.29) is 11.7 Å². The highest BCUT2D eigenvalue weighted by molar-refractivity contribution is 8.96. The summed E-state index contributed by atoms with van der Waals surface area (Å²) < 4.78 is 1.60. The molecule has 0 bridgehead atoms. The standard InChI is InChI=1S/C19H25NO2S6/c1-3-5-7-10-16(21)11-9-14-25-18(23)27-28-19(24)26-15-13-20-17(22)12-8-6-4-2/h1-2H,5-15H2,(H,20,22). The molecule has 1 N–H and O–H groups in total. The zero-order valence-electron chi connectivity index (χ0n) is 15.7. The van der Waals surface area contributed by atoms with Gasteiger partial charge in [-0.1, -0.05) is 24.4 Å². The largest absolute Gasteiger partial charge is 0.355 e. The van der Waals surface area contributed by atoms with E-state index in [1.807, 2.05) is 0 Å². The van der Waals surface area contributed by atoms with E-state index < -0.39 is 0 Å². The Morgan fingerprint density at radius 1 is 0.821 bits per heavy atom. The quantitative estimate of drug-likeness (QED) is 0.157. The first-order chi connectivity index (χ1) is 13.5. The second-order valence-corrected chi connectivity index (χ2v) is 12.2. The van der Waals surface area contributed by atoms with Crippen molar-refractivity contribution in [2.45, 2.75) is 51.4 Å². The predicted molar refractivity (Wildman–Crippen MR) is 138 cm³/mol. The highest BCUT2D eigenvalue weighted by Gasteiger charge is 2.07. The van der Waals surface area contributed by atoms with Gasteiger partial charge >= 0.3 is 0 Å². The van der Waals surface area contributed by atoms with E-state index in [1.165, 1.54) is 33.3 Å². The molecule has 0 aromatic rings. The van der Waals surface area contributed by atoms with Gasteiger partial charge in [0.2, 0.25) is 5.91 Å². The van der Waals surface area contributed by atoms with Crippen LogP contribution in [0.2, 0.25) is 0 Å². The molecule has 0 aromatic carbocycles. The Balaban J connectivity index is 3.59. The number of nitrogens with one attached hydrogen (secondary N) is 1. The molecule has 154 valence electrons. The minimum Gasteiger partial charge on any atom is -0.355 e. The molecule has 0 radical (unpaired) electrons. The number of Topliss-reactive ketones (excluding diaryl/α,β-unsaturated/α-hetero) is 1. The number of rotatable bonds is 13. The Bertz CT molecular complexity index is 542. The Morgan fingerprint density at radius 2 is 1.36 bits per heavy atom. The molecule has 0 fully saturated rings. The van der Waals surface area contributed by atoms with E-state index in [9.17, 15) is 9.59 Å². The van der Waals surface area contributed by atoms with Crippen molar-refractivity contribution < 1.29 is 9.59 Å². The molecule has 0 aliphatic rings. The minimum absolute atomic E-state index is 0.0240. The van der Waals surface area contributed by atoms with E-state index in [0.29, 0.717) is 38.6 Å². The van der Waals surface area contributed by atoms with Gasteiger partial charge in [0.1, 0.15) is 12.8 Å². The van der Waals surface area contributed by atoms with Crippen LogP contribution in [-0.4, -0.2) is 36.8 Å². The lowest BCUT2D eigenvalue weighted by Gasteiger charge is -2.06. The van der Waals surface area contributed by atoms with E-state index in [1.54, 1.807) is 11.8 Å². The number of amides is 1. The summed E-state index contributed by atoms with van der Waals surface area (Å²) in [6.07, 6.45) is 15.5. The van der Waals surface area contributed by atoms with Crippen molar-refractivity contribution in [1.82, 2.24) is 5.32 Å². The average molecular weight is 492 g/mol. The third kappa shape index (κ3) is 19.2. The van der Waals surface area contributed by atoms with Crippen molar-refractivity contribution >= 4 is 88.3 Å². The van der Waals surface area contributed by atoms with Crippen LogP contribution in [0.3, 0.4) is 0 Å². The lowest BCUT2D eigenvalue weighted by atomic mass is 10.1. The fourth-order valence-corrected chi connectivity index (χ4v) is 6.66. The second-order valence-electron chi connectivity index (χ2n) is 5.47. The summed E-state index contributed by atoms with van der Waals surface area (Å²) >= 11 is 13.7. The molecule has 0 unspecified atom stereocenters. The fraction of sp³-hybridized carbons (Fsp3) is 0.579. The van der Waals surface area contributed by atoms with Crippen LogP contribution in [0.15, 0.2) is 0 Å². The third-order valence-corrected chi connectivity index (χ3v) is 9.80. The summed E-state index contributed by atoms with van der Waals surface area (Å²) in [5, 5.41) is 2.85. The molecule has 0 aromatic heterocycles. The summed E-state index contributed by atoms with van der Waals surface area (Å²) in [5.74, 6) is 6.92. The average Bonchev–Trinajstić information content (AvgIpc) is 2.67. The van der Waals surface area contributed by atoms with Gasteiger partial charge < -0.3 is 5.32 Å². The smallest absolute Gasteiger partial charge is 0.220 e. The number of carbonyl (C=O) groups is 2. The van der Waals surface area contributed by atoms with Gasteiger partial charge in [-0.2, -0.15) is 0 Å². The summed E-state index contributed by atoms with van der Waals surface area (Å²) in [7, 11) is 2.94. The number of hydrogen-bond donors (Lipinski definition) is 1. The molecule has 0 spiro atoms. The monoisotopic (exact) mass is 491 g/mol. The van der Waals surface area contributed by atoms with Crippen LogP contribution in [0.5, 0.6) is 0 Å².